The van der Waals surface area contributed by atoms with E-state index >= 15 is 0 Å². The molecule has 0 bridgehead atoms. The van der Waals surface area contributed by atoms with E-state index in [4.69, 9.17) is 16.3 Å². The molecule has 0 unspecified atom stereocenters. The van der Waals surface area contributed by atoms with Gasteiger partial charge in [0.25, 0.3) is 0 Å². The highest BCUT2D eigenvalue weighted by atomic mass is 35.5. The second-order valence-electron chi connectivity index (χ2n) is 3.54. The Kier molecular flexibility index (Phi) is 5.96. The van der Waals surface area contributed by atoms with Crippen LogP contribution in [0, 0.1) is 6.92 Å². The lowest BCUT2D eigenvalue weighted by Crippen LogP contribution is -1.98. The van der Waals surface area contributed by atoms with Gasteiger partial charge in [-0.1, -0.05) is 17.7 Å². The normalized spacial score (nSPS) is 10.3. The van der Waals surface area contributed by atoms with Gasteiger partial charge < -0.3 is 4.74 Å². The van der Waals surface area contributed by atoms with Crippen LogP contribution in [0.2, 0.25) is 5.02 Å². The number of ether oxygens (including phenoxy) is 1. The van der Waals surface area contributed by atoms with Crippen molar-refractivity contribution in [2.24, 2.45) is 0 Å². The SMILES string of the molecule is Cc1ccc(Cl)cc1OCCCCCS. The van der Waals surface area contributed by atoms with Crippen LogP contribution in [0.15, 0.2) is 18.2 Å². The third-order valence-corrected chi connectivity index (χ3v) is 2.76. The minimum Gasteiger partial charge on any atom is -0.493 e. The average Bonchev–Trinajstić information content (AvgIpc) is 2.23. The van der Waals surface area contributed by atoms with Crippen molar-refractivity contribution in [3.8, 4) is 5.75 Å². The van der Waals surface area contributed by atoms with Crippen LogP contribution in [0.4, 0.5) is 0 Å². The number of hydrogen-bond donors (Lipinski definition) is 1. The smallest absolute Gasteiger partial charge is 0.123 e. The third-order valence-electron chi connectivity index (χ3n) is 2.21. The van der Waals surface area contributed by atoms with Crippen LogP contribution < -0.4 is 4.74 Å². The van der Waals surface area contributed by atoms with Crippen molar-refractivity contribution in [3.63, 3.8) is 0 Å². The summed E-state index contributed by atoms with van der Waals surface area (Å²) in [6.07, 6.45) is 3.40. The van der Waals surface area contributed by atoms with Gasteiger partial charge >= 0.3 is 0 Å². The predicted molar refractivity (Wildman–Crippen MR) is 69.4 cm³/mol. The molecule has 1 aromatic carbocycles. The Labute approximate surface area is 102 Å². The van der Waals surface area contributed by atoms with Crippen LogP contribution in [-0.2, 0) is 0 Å². The van der Waals surface area contributed by atoms with Gasteiger partial charge in [0.05, 0.1) is 6.61 Å². The standard InChI is InChI=1S/C12H17ClOS/c1-10-5-6-11(13)9-12(10)14-7-3-2-4-8-15/h5-6,9,15H,2-4,7-8H2,1H3. The fourth-order valence-corrected chi connectivity index (χ4v) is 1.69. The molecule has 0 amide bonds. The quantitative estimate of drug-likeness (QED) is 0.585. The van der Waals surface area contributed by atoms with E-state index in [1.807, 2.05) is 25.1 Å². The minimum absolute atomic E-state index is 0.728. The van der Waals surface area contributed by atoms with Gasteiger partial charge in [0.15, 0.2) is 0 Å². The molecule has 0 N–H and O–H groups in total. The van der Waals surface area contributed by atoms with E-state index < -0.39 is 0 Å². The van der Waals surface area contributed by atoms with Crippen molar-refractivity contribution in [3.05, 3.63) is 28.8 Å². The zero-order chi connectivity index (χ0) is 11.1. The number of halogens is 1. The number of benzene rings is 1. The van der Waals surface area contributed by atoms with Gasteiger partial charge in [-0.25, -0.2) is 0 Å². The zero-order valence-electron chi connectivity index (χ0n) is 9.00. The summed E-state index contributed by atoms with van der Waals surface area (Å²) in [5, 5.41) is 0.728. The molecule has 3 heteroatoms. The number of aryl methyl sites for hydroxylation is 1. The van der Waals surface area contributed by atoms with Crippen molar-refractivity contribution in [1.82, 2.24) is 0 Å². The summed E-state index contributed by atoms with van der Waals surface area (Å²) in [6, 6.07) is 5.73. The van der Waals surface area contributed by atoms with Gasteiger partial charge in [-0.3, -0.25) is 0 Å². The Morgan fingerprint density at radius 1 is 1.27 bits per heavy atom. The molecule has 84 valence electrons. The number of thiol groups is 1. The summed E-state index contributed by atoms with van der Waals surface area (Å²) in [5.74, 6) is 1.85. The number of hydrogen-bond acceptors (Lipinski definition) is 2. The van der Waals surface area contributed by atoms with E-state index in [1.54, 1.807) is 0 Å². The van der Waals surface area contributed by atoms with Gasteiger partial charge in [-0.2, -0.15) is 12.6 Å². The van der Waals surface area contributed by atoms with Crippen molar-refractivity contribution in [1.29, 1.82) is 0 Å². The van der Waals surface area contributed by atoms with Crippen LogP contribution in [0.1, 0.15) is 24.8 Å². The Morgan fingerprint density at radius 2 is 2.07 bits per heavy atom. The fourth-order valence-electron chi connectivity index (χ4n) is 1.30. The first kappa shape index (κ1) is 12.7. The maximum atomic E-state index is 5.89. The van der Waals surface area contributed by atoms with Gasteiger partial charge in [0.2, 0.25) is 0 Å². The van der Waals surface area contributed by atoms with Gasteiger partial charge in [-0.15, -0.1) is 0 Å². The molecule has 0 saturated carbocycles. The molecular formula is C12H17ClOS. The van der Waals surface area contributed by atoms with Crippen LogP contribution in [0.25, 0.3) is 0 Å². The minimum atomic E-state index is 0.728. The van der Waals surface area contributed by atoms with Crippen molar-refractivity contribution in [2.45, 2.75) is 26.2 Å². The van der Waals surface area contributed by atoms with Crippen molar-refractivity contribution >= 4 is 24.2 Å². The van der Waals surface area contributed by atoms with E-state index in [2.05, 4.69) is 12.6 Å². The topological polar surface area (TPSA) is 9.23 Å². The molecule has 0 fully saturated rings. The molecule has 1 rings (SSSR count). The summed E-state index contributed by atoms with van der Waals surface area (Å²) in [6.45, 7) is 2.79. The maximum absolute atomic E-state index is 5.89. The second-order valence-corrected chi connectivity index (χ2v) is 4.43. The van der Waals surface area contributed by atoms with Crippen LogP contribution in [-0.4, -0.2) is 12.4 Å². The first-order valence-electron chi connectivity index (χ1n) is 5.24. The average molecular weight is 245 g/mol. The van der Waals surface area contributed by atoms with E-state index in [0.717, 1.165) is 41.5 Å². The van der Waals surface area contributed by atoms with Gasteiger partial charge in [0, 0.05) is 5.02 Å². The van der Waals surface area contributed by atoms with Crippen LogP contribution >= 0.6 is 24.2 Å². The Bertz CT molecular complexity index is 302. The zero-order valence-corrected chi connectivity index (χ0v) is 10.7. The molecule has 0 heterocycles. The summed E-state index contributed by atoms with van der Waals surface area (Å²) < 4.78 is 5.65. The Morgan fingerprint density at radius 3 is 2.80 bits per heavy atom. The highest BCUT2D eigenvalue weighted by Crippen LogP contribution is 2.22. The second kappa shape index (κ2) is 7.02. The summed E-state index contributed by atoms with van der Waals surface area (Å²) >= 11 is 10.1. The molecule has 0 spiro atoms. The predicted octanol–water partition coefficient (Wildman–Crippen LogP) is 4.13. The largest absolute Gasteiger partial charge is 0.493 e. The van der Waals surface area contributed by atoms with Crippen LogP contribution in [0.3, 0.4) is 0 Å². The van der Waals surface area contributed by atoms with E-state index in [9.17, 15) is 0 Å². The first-order valence-corrected chi connectivity index (χ1v) is 6.25. The molecule has 0 aliphatic heterocycles. The molecule has 0 saturated heterocycles. The number of unbranched alkanes of at least 4 members (excludes halogenated alkanes) is 2. The number of rotatable bonds is 6. The lowest BCUT2D eigenvalue weighted by molar-refractivity contribution is 0.304. The molecule has 0 aliphatic carbocycles. The molecule has 0 atom stereocenters. The molecule has 0 aromatic heterocycles. The monoisotopic (exact) mass is 244 g/mol. The third kappa shape index (κ3) is 4.80. The van der Waals surface area contributed by atoms with Gasteiger partial charge in [0.1, 0.15) is 5.75 Å². The summed E-state index contributed by atoms with van der Waals surface area (Å²) in [5.41, 5.74) is 1.13. The van der Waals surface area contributed by atoms with Gasteiger partial charge in [-0.05, 0) is 49.6 Å². The molecule has 15 heavy (non-hydrogen) atoms. The highest BCUT2D eigenvalue weighted by molar-refractivity contribution is 7.80. The van der Waals surface area contributed by atoms with Crippen molar-refractivity contribution < 1.29 is 4.74 Å². The van der Waals surface area contributed by atoms with E-state index in [1.165, 1.54) is 6.42 Å². The molecule has 1 nitrogen and oxygen atoms in total. The first-order chi connectivity index (χ1) is 7.24. The van der Waals surface area contributed by atoms with E-state index in [0.29, 0.717) is 0 Å². The lowest BCUT2D eigenvalue weighted by atomic mass is 10.2. The maximum Gasteiger partial charge on any atom is 0.123 e. The highest BCUT2D eigenvalue weighted by Gasteiger charge is 1.99. The Balaban J connectivity index is 2.33. The Hall–Kier alpha value is -0.340. The molecular weight excluding hydrogens is 228 g/mol. The summed E-state index contributed by atoms with van der Waals surface area (Å²) in [4.78, 5) is 0. The van der Waals surface area contributed by atoms with E-state index in [-0.39, 0.29) is 0 Å². The van der Waals surface area contributed by atoms with Crippen molar-refractivity contribution in [2.75, 3.05) is 12.4 Å². The lowest BCUT2D eigenvalue weighted by Gasteiger charge is -2.08. The molecule has 0 radical (unpaired) electrons. The molecule has 1 aromatic rings. The van der Waals surface area contributed by atoms with Crippen LogP contribution in [0.5, 0.6) is 5.75 Å². The summed E-state index contributed by atoms with van der Waals surface area (Å²) in [7, 11) is 0. The fraction of sp³-hybridized carbons (Fsp3) is 0.500. The molecule has 0 aliphatic rings.